The molecule has 0 saturated heterocycles. The predicted octanol–water partition coefficient (Wildman–Crippen LogP) is 1.43. The fraction of sp³-hybridized carbons (Fsp3) is 0.417. The monoisotopic (exact) mass is 292 g/mol. The molecule has 1 aromatic rings. The van der Waals surface area contributed by atoms with Crippen LogP contribution in [0.15, 0.2) is 18.2 Å². The number of ether oxygens (including phenoxy) is 2. The molecule has 108 valence electrons. The topological polar surface area (TPSA) is 59.6 Å². The molecule has 0 aliphatic heterocycles. The highest BCUT2D eigenvalue weighted by atomic mass is 35.5. The largest absolute Gasteiger partial charge is 0.494 e. The molecule has 5 nitrogen and oxygen atoms in total. The van der Waals surface area contributed by atoms with Gasteiger partial charge in [0, 0.05) is 19.7 Å². The molecule has 0 aliphatic rings. The summed E-state index contributed by atoms with van der Waals surface area (Å²) in [5.41, 5.74) is 0.442. The van der Waals surface area contributed by atoms with Gasteiger partial charge in [-0.15, -0.1) is 12.4 Å². The molecule has 0 fully saturated rings. The van der Waals surface area contributed by atoms with Crippen molar-refractivity contribution in [2.24, 2.45) is 0 Å². The van der Waals surface area contributed by atoms with Gasteiger partial charge in [0.2, 0.25) is 5.91 Å². The summed E-state index contributed by atoms with van der Waals surface area (Å²) in [5, 5.41) is 5.53. The van der Waals surface area contributed by atoms with Crippen LogP contribution in [0.2, 0.25) is 0 Å². The van der Waals surface area contributed by atoms with Crippen LogP contribution >= 0.6 is 12.4 Å². The average molecular weight is 293 g/mol. The van der Waals surface area contributed by atoms with Crippen molar-refractivity contribution in [2.75, 3.05) is 39.2 Å². The number of methoxy groups -OCH3 is 2. The molecule has 0 radical (unpaired) electrons. The Morgan fingerprint density at radius 3 is 2.74 bits per heavy atom. The van der Waals surface area contributed by atoms with Gasteiger partial charge in [0.1, 0.15) is 11.6 Å². The maximum absolute atomic E-state index is 12.9. The number of carbonyl (C=O) groups excluding carboxylic acids is 1. The molecule has 1 amide bonds. The van der Waals surface area contributed by atoms with Crippen molar-refractivity contribution in [3.8, 4) is 5.75 Å². The molecule has 0 aliphatic carbocycles. The molecule has 0 heterocycles. The first-order valence-corrected chi connectivity index (χ1v) is 5.50. The molecule has 0 spiro atoms. The number of hydrogen-bond donors (Lipinski definition) is 2. The second-order valence-corrected chi connectivity index (χ2v) is 3.56. The van der Waals surface area contributed by atoms with Crippen LogP contribution in [-0.4, -0.2) is 39.8 Å². The van der Waals surface area contributed by atoms with Crippen LogP contribution in [0.5, 0.6) is 5.75 Å². The van der Waals surface area contributed by atoms with Crippen molar-refractivity contribution in [1.29, 1.82) is 0 Å². The van der Waals surface area contributed by atoms with Gasteiger partial charge in [0.05, 0.1) is 25.9 Å². The van der Waals surface area contributed by atoms with Crippen LogP contribution in [0, 0.1) is 5.82 Å². The zero-order valence-electron chi connectivity index (χ0n) is 10.9. The number of rotatable bonds is 7. The fourth-order valence-electron chi connectivity index (χ4n) is 1.34. The van der Waals surface area contributed by atoms with Crippen LogP contribution in [0.1, 0.15) is 0 Å². The maximum Gasteiger partial charge on any atom is 0.238 e. The first-order valence-electron chi connectivity index (χ1n) is 5.50. The number of benzene rings is 1. The van der Waals surface area contributed by atoms with Crippen molar-refractivity contribution in [3.05, 3.63) is 24.0 Å². The Labute approximate surface area is 117 Å². The van der Waals surface area contributed by atoms with E-state index in [1.165, 1.54) is 25.3 Å². The molecule has 0 atom stereocenters. The van der Waals surface area contributed by atoms with Gasteiger partial charge < -0.3 is 20.1 Å². The van der Waals surface area contributed by atoms with E-state index in [0.717, 1.165) is 0 Å². The molecule has 0 aromatic heterocycles. The van der Waals surface area contributed by atoms with E-state index in [4.69, 9.17) is 9.47 Å². The summed E-state index contributed by atoms with van der Waals surface area (Å²) < 4.78 is 22.8. The van der Waals surface area contributed by atoms with E-state index in [9.17, 15) is 9.18 Å². The van der Waals surface area contributed by atoms with Gasteiger partial charge in [-0.3, -0.25) is 4.79 Å². The molecule has 0 bridgehead atoms. The summed E-state index contributed by atoms with van der Waals surface area (Å²) in [6.07, 6.45) is 0. The second-order valence-electron chi connectivity index (χ2n) is 3.56. The van der Waals surface area contributed by atoms with Crippen LogP contribution < -0.4 is 15.4 Å². The smallest absolute Gasteiger partial charge is 0.238 e. The third-order valence-corrected chi connectivity index (χ3v) is 2.21. The Hall–Kier alpha value is -1.37. The van der Waals surface area contributed by atoms with E-state index >= 15 is 0 Å². The highest BCUT2D eigenvalue weighted by Gasteiger charge is 2.08. The van der Waals surface area contributed by atoms with Gasteiger partial charge in [-0.05, 0) is 12.1 Å². The number of halogens is 2. The third-order valence-electron chi connectivity index (χ3n) is 2.21. The quantitative estimate of drug-likeness (QED) is 0.747. The number of carbonyl (C=O) groups is 1. The highest BCUT2D eigenvalue weighted by Crippen LogP contribution is 2.24. The minimum absolute atomic E-state index is 0. The van der Waals surface area contributed by atoms with Crippen LogP contribution in [-0.2, 0) is 9.53 Å². The Morgan fingerprint density at radius 2 is 2.11 bits per heavy atom. The highest BCUT2D eigenvalue weighted by molar-refractivity contribution is 5.93. The Balaban J connectivity index is 0.00000324. The van der Waals surface area contributed by atoms with E-state index in [1.54, 1.807) is 7.11 Å². The summed E-state index contributed by atoms with van der Waals surface area (Å²) in [6.45, 7) is 1.28. The number of anilines is 1. The van der Waals surface area contributed by atoms with Crippen molar-refractivity contribution >= 4 is 24.0 Å². The van der Waals surface area contributed by atoms with E-state index in [-0.39, 0.29) is 24.9 Å². The number of hydrogen-bond acceptors (Lipinski definition) is 4. The minimum Gasteiger partial charge on any atom is -0.494 e. The van der Waals surface area contributed by atoms with Crippen molar-refractivity contribution in [1.82, 2.24) is 5.32 Å². The summed E-state index contributed by atoms with van der Waals surface area (Å²) in [5.74, 6) is -0.348. The van der Waals surface area contributed by atoms with Crippen molar-refractivity contribution in [2.45, 2.75) is 0 Å². The molecular weight excluding hydrogens is 275 g/mol. The Kier molecular flexibility index (Phi) is 8.86. The van der Waals surface area contributed by atoms with Crippen molar-refractivity contribution < 1.29 is 18.7 Å². The molecule has 0 saturated carbocycles. The summed E-state index contributed by atoms with van der Waals surface area (Å²) in [4.78, 5) is 11.6. The lowest BCUT2D eigenvalue weighted by molar-refractivity contribution is -0.115. The van der Waals surface area contributed by atoms with E-state index < -0.39 is 5.82 Å². The lowest BCUT2D eigenvalue weighted by Crippen LogP contribution is -2.30. The first kappa shape index (κ1) is 17.6. The van der Waals surface area contributed by atoms with Gasteiger partial charge in [-0.25, -0.2) is 4.39 Å². The fourth-order valence-corrected chi connectivity index (χ4v) is 1.34. The van der Waals surface area contributed by atoms with Gasteiger partial charge >= 0.3 is 0 Å². The molecule has 19 heavy (non-hydrogen) atoms. The van der Waals surface area contributed by atoms with Gasteiger partial charge in [0.15, 0.2) is 0 Å². The van der Waals surface area contributed by atoms with Gasteiger partial charge in [-0.1, -0.05) is 0 Å². The predicted molar refractivity (Wildman–Crippen MR) is 73.6 cm³/mol. The summed E-state index contributed by atoms with van der Waals surface area (Å²) in [6, 6.07) is 3.94. The van der Waals surface area contributed by atoms with Gasteiger partial charge in [0.25, 0.3) is 0 Å². The van der Waals surface area contributed by atoms with Crippen LogP contribution in [0.3, 0.4) is 0 Å². The average Bonchev–Trinajstić information content (AvgIpc) is 2.37. The van der Waals surface area contributed by atoms with Crippen LogP contribution in [0.25, 0.3) is 0 Å². The number of amides is 1. The second kappa shape index (κ2) is 9.55. The van der Waals surface area contributed by atoms with E-state index in [2.05, 4.69) is 10.6 Å². The van der Waals surface area contributed by atoms with Crippen LogP contribution in [0.4, 0.5) is 10.1 Å². The molecule has 0 unspecified atom stereocenters. The van der Waals surface area contributed by atoms with Crippen molar-refractivity contribution in [3.63, 3.8) is 0 Å². The lowest BCUT2D eigenvalue weighted by atomic mass is 10.3. The summed E-state index contributed by atoms with van der Waals surface area (Å²) in [7, 11) is 3.01. The summed E-state index contributed by atoms with van der Waals surface area (Å²) >= 11 is 0. The Bertz CT molecular complexity index is 405. The lowest BCUT2D eigenvalue weighted by Gasteiger charge is -2.10. The molecule has 7 heteroatoms. The SMILES string of the molecule is COCCNCC(=O)Nc1ccc(F)cc1OC.Cl. The molecular formula is C12H18ClFN2O3. The zero-order valence-corrected chi connectivity index (χ0v) is 11.7. The van der Waals surface area contributed by atoms with E-state index in [0.29, 0.717) is 24.6 Å². The number of nitrogens with one attached hydrogen (secondary N) is 2. The standard InChI is InChI=1S/C12H17FN2O3.ClH/c1-17-6-5-14-8-12(16)15-10-4-3-9(13)7-11(10)18-2;/h3-4,7,14H,5-6,8H2,1-2H3,(H,15,16);1H. The Morgan fingerprint density at radius 1 is 1.37 bits per heavy atom. The molecule has 1 aromatic carbocycles. The zero-order chi connectivity index (χ0) is 13.4. The third kappa shape index (κ3) is 6.37. The first-order chi connectivity index (χ1) is 8.67. The minimum atomic E-state index is -0.414. The normalized spacial score (nSPS) is 9.63. The molecule has 2 N–H and O–H groups in total. The molecule has 1 rings (SSSR count). The van der Waals surface area contributed by atoms with E-state index in [1.807, 2.05) is 0 Å². The van der Waals surface area contributed by atoms with Gasteiger partial charge in [-0.2, -0.15) is 0 Å². The maximum atomic E-state index is 12.9.